The first-order valence-electron chi connectivity index (χ1n) is 2.71. The van der Waals surface area contributed by atoms with Gasteiger partial charge in [-0.15, -0.1) is 11.8 Å². The Morgan fingerprint density at radius 1 is 1.40 bits per heavy atom. The Morgan fingerprint density at radius 3 is 1.80 bits per heavy atom. The fourth-order valence-electron chi connectivity index (χ4n) is 0.461. The van der Waals surface area contributed by atoms with Crippen LogP contribution in [-0.4, -0.2) is 22.5 Å². The molecule has 0 spiro atoms. The van der Waals surface area contributed by atoms with Gasteiger partial charge in [0, 0.05) is 0 Å². The smallest absolute Gasteiger partial charge is 0.371 e. The molecule has 0 aromatic heterocycles. The minimum Gasteiger partial charge on any atom is -0.371 e. The third kappa shape index (κ3) is 1.79. The van der Waals surface area contributed by atoms with Gasteiger partial charge in [0.15, 0.2) is 0 Å². The zero-order chi connectivity index (χ0) is 8.41. The van der Waals surface area contributed by atoms with Crippen molar-refractivity contribution in [2.45, 2.75) is 24.5 Å². The van der Waals surface area contributed by atoms with E-state index in [0.717, 1.165) is 0 Å². The number of rotatable bonds is 2. The van der Waals surface area contributed by atoms with Crippen LogP contribution in [0.4, 0.5) is 13.2 Å². The number of hydrogen-bond acceptors (Lipinski definition) is 2. The summed E-state index contributed by atoms with van der Waals surface area (Å²) in [7, 11) is 0. The highest BCUT2D eigenvalue weighted by Crippen LogP contribution is 2.40. The molecular weight excluding hydrogens is 165 g/mol. The molecule has 0 saturated carbocycles. The van der Waals surface area contributed by atoms with Gasteiger partial charge in [-0.1, -0.05) is 6.92 Å². The van der Waals surface area contributed by atoms with Crippen LogP contribution in [0.2, 0.25) is 0 Å². The minimum absolute atomic E-state index is 0.322. The molecule has 0 fully saturated rings. The molecule has 1 N–H and O–H groups in total. The van der Waals surface area contributed by atoms with E-state index in [1.165, 1.54) is 13.2 Å². The van der Waals surface area contributed by atoms with Gasteiger partial charge in [0.2, 0.25) is 4.93 Å². The maximum Gasteiger partial charge on any atom is 0.426 e. The second-order valence-electron chi connectivity index (χ2n) is 1.84. The molecule has 0 rings (SSSR count). The average molecular weight is 174 g/mol. The van der Waals surface area contributed by atoms with Crippen molar-refractivity contribution < 1.29 is 18.3 Å². The second kappa shape index (κ2) is 3.00. The zero-order valence-corrected chi connectivity index (χ0v) is 6.51. The van der Waals surface area contributed by atoms with Gasteiger partial charge < -0.3 is 5.11 Å². The van der Waals surface area contributed by atoms with E-state index in [-0.39, 0.29) is 6.42 Å². The van der Waals surface area contributed by atoms with Crippen molar-refractivity contribution in [3.63, 3.8) is 0 Å². The molecule has 0 aliphatic rings. The van der Waals surface area contributed by atoms with Crippen LogP contribution in [0.15, 0.2) is 0 Å². The van der Waals surface area contributed by atoms with Crippen LogP contribution in [0.25, 0.3) is 0 Å². The molecule has 0 radical (unpaired) electrons. The van der Waals surface area contributed by atoms with Crippen LogP contribution < -0.4 is 0 Å². The molecule has 1 unspecified atom stereocenters. The van der Waals surface area contributed by atoms with Crippen LogP contribution in [0.5, 0.6) is 0 Å². The van der Waals surface area contributed by atoms with Gasteiger partial charge in [0.25, 0.3) is 0 Å². The molecule has 0 bridgehead atoms. The summed E-state index contributed by atoms with van der Waals surface area (Å²) in [4.78, 5) is -2.56. The number of alkyl halides is 3. The molecule has 0 aromatic carbocycles. The monoisotopic (exact) mass is 174 g/mol. The third-order valence-electron chi connectivity index (χ3n) is 1.26. The molecule has 1 nitrogen and oxygen atoms in total. The van der Waals surface area contributed by atoms with Gasteiger partial charge in [0.05, 0.1) is 0 Å². The van der Waals surface area contributed by atoms with E-state index in [0.29, 0.717) is 11.8 Å². The van der Waals surface area contributed by atoms with E-state index in [4.69, 9.17) is 5.11 Å². The lowest BCUT2D eigenvalue weighted by atomic mass is 10.2. The average Bonchev–Trinajstić information content (AvgIpc) is 1.84. The summed E-state index contributed by atoms with van der Waals surface area (Å²) in [6.45, 7) is 1.30. The Morgan fingerprint density at radius 2 is 1.80 bits per heavy atom. The van der Waals surface area contributed by atoms with Gasteiger partial charge in [0.1, 0.15) is 0 Å². The SMILES string of the molecule is CCC(O)(SC)C(F)(F)F. The quantitative estimate of drug-likeness (QED) is 0.646. The number of hydrogen-bond donors (Lipinski definition) is 1. The molecule has 62 valence electrons. The Hall–Kier alpha value is 0.100. The van der Waals surface area contributed by atoms with Crippen molar-refractivity contribution in [1.82, 2.24) is 0 Å². The number of aliphatic hydroxyl groups is 1. The van der Waals surface area contributed by atoms with E-state index in [1.54, 1.807) is 0 Å². The van der Waals surface area contributed by atoms with E-state index in [2.05, 4.69) is 0 Å². The maximum atomic E-state index is 11.8. The Kier molecular flexibility index (Phi) is 3.03. The van der Waals surface area contributed by atoms with Crippen molar-refractivity contribution in [2.75, 3.05) is 6.26 Å². The molecule has 0 aliphatic carbocycles. The summed E-state index contributed by atoms with van der Waals surface area (Å²) in [6.07, 6.45) is -3.62. The summed E-state index contributed by atoms with van der Waals surface area (Å²) in [5, 5.41) is 8.80. The zero-order valence-electron chi connectivity index (χ0n) is 5.70. The molecular formula is C5H9F3OS. The van der Waals surface area contributed by atoms with Crippen molar-refractivity contribution in [1.29, 1.82) is 0 Å². The standard InChI is InChI=1S/C5H9F3OS/c1-3-4(9,10-2)5(6,7)8/h9H,3H2,1-2H3. The van der Waals surface area contributed by atoms with E-state index in [1.807, 2.05) is 0 Å². The molecule has 1 atom stereocenters. The summed E-state index contributed by atoms with van der Waals surface area (Å²) in [5.41, 5.74) is 0. The lowest BCUT2D eigenvalue weighted by Gasteiger charge is -2.26. The molecule has 10 heavy (non-hydrogen) atoms. The Labute approximate surface area is 61.6 Å². The first-order chi connectivity index (χ1) is 4.37. The van der Waals surface area contributed by atoms with Gasteiger partial charge in [-0.05, 0) is 12.7 Å². The predicted octanol–water partition coefficient (Wildman–Crippen LogP) is 2.01. The molecule has 0 heterocycles. The van der Waals surface area contributed by atoms with E-state index >= 15 is 0 Å². The summed E-state index contributed by atoms with van der Waals surface area (Å²) >= 11 is 0.410. The maximum absolute atomic E-state index is 11.8. The summed E-state index contributed by atoms with van der Waals surface area (Å²) < 4.78 is 35.5. The Balaban J connectivity index is 4.33. The van der Waals surface area contributed by atoms with Crippen molar-refractivity contribution in [3.8, 4) is 0 Å². The van der Waals surface area contributed by atoms with Crippen LogP contribution in [0.1, 0.15) is 13.3 Å². The van der Waals surface area contributed by atoms with Crippen LogP contribution in [0.3, 0.4) is 0 Å². The highest BCUT2D eigenvalue weighted by Gasteiger charge is 2.51. The van der Waals surface area contributed by atoms with Crippen LogP contribution in [-0.2, 0) is 0 Å². The molecule has 0 aliphatic heterocycles. The van der Waals surface area contributed by atoms with Gasteiger partial charge in [-0.2, -0.15) is 13.2 Å². The minimum atomic E-state index is -4.53. The van der Waals surface area contributed by atoms with Crippen LogP contribution >= 0.6 is 11.8 Å². The first kappa shape index (κ1) is 10.1. The first-order valence-corrected chi connectivity index (χ1v) is 3.94. The number of thioether (sulfide) groups is 1. The van der Waals surface area contributed by atoms with E-state index in [9.17, 15) is 13.2 Å². The van der Waals surface area contributed by atoms with E-state index < -0.39 is 11.1 Å². The van der Waals surface area contributed by atoms with Gasteiger partial charge >= 0.3 is 6.18 Å². The predicted molar refractivity (Wildman–Crippen MR) is 34.8 cm³/mol. The van der Waals surface area contributed by atoms with Crippen molar-refractivity contribution in [2.24, 2.45) is 0 Å². The number of halogens is 3. The fraction of sp³-hybridized carbons (Fsp3) is 1.00. The normalized spacial score (nSPS) is 18.6. The largest absolute Gasteiger partial charge is 0.426 e. The van der Waals surface area contributed by atoms with Crippen LogP contribution in [0, 0.1) is 0 Å². The highest BCUT2D eigenvalue weighted by atomic mass is 32.2. The van der Waals surface area contributed by atoms with Gasteiger partial charge in [-0.25, -0.2) is 0 Å². The summed E-state index contributed by atoms with van der Waals surface area (Å²) in [6, 6.07) is 0. The van der Waals surface area contributed by atoms with Crippen molar-refractivity contribution >= 4 is 11.8 Å². The lowest BCUT2D eigenvalue weighted by molar-refractivity contribution is -0.220. The second-order valence-corrected chi connectivity index (χ2v) is 2.92. The fourth-order valence-corrected chi connectivity index (χ4v) is 0.981. The summed E-state index contributed by atoms with van der Waals surface area (Å²) in [5.74, 6) is 0. The highest BCUT2D eigenvalue weighted by molar-refractivity contribution is 7.99. The van der Waals surface area contributed by atoms with Crippen molar-refractivity contribution in [3.05, 3.63) is 0 Å². The Bertz CT molecular complexity index is 108. The lowest BCUT2D eigenvalue weighted by Crippen LogP contribution is -2.40. The molecule has 0 aromatic rings. The third-order valence-corrected chi connectivity index (χ3v) is 2.46. The molecule has 5 heteroatoms. The topological polar surface area (TPSA) is 20.2 Å². The molecule has 0 amide bonds. The molecule has 0 saturated heterocycles. The van der Waals surface area contributed by atoms with Gasteiger partial charge in [-0.3, -0.25) is 0 Å².